The molecule has 1 aliphatic rings. The van der Waals surface area contributed by atoms with Gasteiger partial charge in [0.05, 0.1) is 0 Å². The second-order valence-electron chi connectivity index (χ2n) is 5.79. The van der Waals surface area contributed by atoms with Crippen molar-refractivity contribution in [1.29, 1.82) is 0 Å². The summed E-state index contributed by atoms with van der Waals surface area (Å²) in [6, 6.07) is 24.2. The van der Waals surface area contributed by atoms with E-state index in [9.17, 15) is 4.79 Å². The van der Waals surface area contributed by atoms with Gasteiger partial charge in [0, 0.05) is 25.2 Å². The molecule has 1 heterocycles. The lowest BCUT2D eigenvalue weighted by molar-refractivity contribution is 0.0953. The zero-order valence-electron chi connectivity index (χ0n) is 13.5. The minimum atomic E-state index is -0.247. The zero-order chi connectivity index (χ0) is 16.8. The van der Waals surface area contributed by atoms with Crippen LogP contribution in [0.5, 0.6) is 0 Å². The van der Waals surface area contributed by atoms with Gasteiger partial charge in [-0.25, -0.2) is 5.84 Å². The second-order valence-corrected chi connectivity index (χ2v) is 5.79. The first-order chi connectivity index (χ1) is 11.8. The van der Waals surface area contributed by atoms with Gasteiger partial charge in [0.25, 0.3) is 5.91 Å². The van der Waals surface area contributed by atoms with E-state index in [1.807, 2.05) is 12.1 Å². The molecule has 24 heavy (non-hydrogen) atoms. The summed E-state index contributed by atoms with van der Waals surface area (Å²) in [4.78, 5) is 13.4. The first kappa shape index (κ1) is 16.2. The molecule has 3 aromatic carbocycles. The average Bonchev–Trinajstić information content (AvgIpc) is 3.46. The van der Waals surface area contributed by atoms with Crippen molar-refractivity contribution in [3.05, 3.63) is 83.9 Å². The number of amides is 1. The number of carbonyl (C=O) groups is 1. The van der Waals surface area contributed by atoms with Crippen LogP contribution in [0, 0.1) is 0 Å². The minimum absolute atomic E-state index is 0.247. The quantitative estimate of drug-likeness (QED) is 0.338. The summed E-state index contributed by atoms with van der Waals surface area (Å²) in [7, 11) is 0. The number of hydrogen-bond acceptors (Lipinski definition) is 3. The van der Waals surface area contributed by atoms with Crippen LogP contribution in [0.25, 0.3) is 10.8 Å². The van der Waals surface area contributed by atoms with Gasteiger partial charge in [0.1, 0.15) is 0 Å². The second kappa shape index (κ2) is 7.73. The molecule has 3 aromatic rings. The van der Waals surface area contributed by atoms with Crippen molar-refractivity contribution in [2.24, 2.45) is 5.84 Å². The number of nitrogens with zero attached hydrogens (tertiary/aromatic N) is 1. The third-order valence-electron chi connectivity index (χ3n) is 3.95. The van der Waals surface area contributed by atoms with Gasteiger partial charge >= 0.3 is 0 Å². The van der Waals surface area contributed by atoms with Gasteiger partial charge in [-0.2, -0.15) is 0 Å². The Balaban J connectivity index is 0.000000149. The summed E-state index contributed by atoms with van der Waals surface area (Å²) in [5, 5.41) is 2.62. The lowest BCUT2D eigenvalue weighted by atomic mass is 10.1. The van der Waals surface area contributed by atoms with E-state index >= 15 is 0 Å². The maximum Gasteiger partial charge on any atom is 0.265 e. The Bertz CT molecular complexity index is 745. The lowest BCUT2D eigenvalue weighted by Crippen LogP contribution is -2.29. The topological polar surface area (TPSA) is 58.1 Å². The molecule has 0 saturated carbocycles. The standard InChI is InChI=1S/C10H13N3O.C10H8/c11-12-10(14)9-3-1-8(2-4-9)7-13-5-6-13;1-2-6-10-8-4-3-7-9(10)5-1/h1-4H,5-7,11H2,(H,12,14);1-8H. The van der Waals surface area contributed by atoms with Crippen LogP contribution in [0.2, 0.25) is 0 Å². The number of hydrogen-bond donors (Lipinski definition) is 2. The molecule has 4 heteroatoms. The van der Waals surface area contributed by atoms with Crippen LogP contribution in [-0.2, 0) is 6.54 Å². The van der Waals surface area contributed by atoms with E-state index in [1.54, 1.807) is 12.1 Å². The number of carbonyl (C=O) groups excluding carboxylic acids is 1. The predicted molar refractivity (Wildman–Crippen MR) is 97.3 cm³/mol. The van der Waals surface area contributed by atoms with Gasteiger partial charge in [0.2, 0.25) is 0 Å². The molecule has 0 aliphatic carbocycles. The SMILES string of the molecule is NNC(=O)c1ccc(CN2CC2)cc1.c1ccc2ccccc2c1. The van der Waals surface area contributed by atoms with Crippen LogP contribution in [0.1, 0.15) is 15.9 Å². The molecular weight excluding hydrogens is 298 g/mol. The normalized spacial score (nSPS) is 13.0. The molecule has 122 valence electrons. The maximum atomic E-state index is 11.1. The number of rotatable bonds is 3. The Morgan fingerprint density at radius 1 is 0.875 bits per heavy atom. The van der Waals surface area contributed by atoms with Crippen molar-refractivity contribution in [3.8, 4) is 0 Å². The highest BCUT2D eigenvalue weighted by molar-refractivity contribution is 5.93. The van der Waals surface area contributed by atoms with Gasteiger partial charge in [-0.3, -0.25) is 15.1 Å². The molecule has 0 bridgehead atoms. The van der Waals surface area contributed by atoms with Crippen LogP contribution in [0.3, 0.4) is 0 Å². The van der Waals surface area contributed by atoms with Crippen LogP contribution >= 0.6 is 0 Å². The third kappa shape index (κ3) is 4.41. The number of hydrazine groups is 1. The van der Waals surface area contributed by atoms with Crippen LogP contribution in [-0.4, -0.2) is 23.9 Å². The highest BCUT2D eigenvalue weighted by Gasteiger charge is 2.16. The Morgan fingerprint density at radius 3 is 1.79 bits per heavy atom. The van der Waals surface area contributed by atoms with Crippen molar-refractivity contribution < 1.29 is 4.79 Å². The number of nitrogen functional groups attached to an aromatic ring is 1. The fourth-order valence-corrected chi connectivity index (χ4v) is 2.46. The highest BCUT2D eigenvalue weighted by atomic mass is 16.2. The molecule has 0 unspecified atom stereocenters. The highest BCUT2D eigenvalue weighted by Crippen LogP contribution is 2.12. The molecule has 1 amide bonds. The van der Waals surface area contributed by atoms with E-state index in [1.165, 1.54) is 29.4 Å². The molecule has 1 aliphatic heterocycles. The van der Waals surface area contributed by atoms with Crippen molar-refractivity contribution >= 4 is 16.7 Å². The molecular formula is C20H21N3O. The number of fused-ring (bicyclic) bond motifs is 1. The molecule has 0 aromatic heterocycles. The molecule has 1 fully saturated rings. The van der Waals surface area contributed by atoms with Crippen molar-refractivity contribution in [2.45, 2.75) is 6.54 Å². The monoisotopic (exact) mass is 319 g/mol. The van der Waals surface area contributed by atoms with E-state index in [2.05, 4.69) is 58.9 Å². The van der Waals surface area contributed by atoms with Gasteiger partial charge in [-0.15, -0.1) is 0 Å². The summed E-state index contributed by atoms with van der Waals surface area (Å²) in [5.74, 6) is 4.78. The van der Waals surface area contributed by atoms with Crippen LogP contribution in [0.4, 0.5) is 0 Å². The van der Waals surface area contributed by atoms with E-state index in [0.29, 0.717) is 5.56 Å². The Hall–Kier alpha value is -2.69. The van der Waals surface area contributed by atoms with Gasteiger partial charge < -0.3 is 0 Å². The maximum absolute atomic E-state index is 11.1. The van der Waals surface area contributed by atoms with Crippen molar-refractivity contribution in [2.75, 3.05) is 13.1 Å². The fourth-order valence-electron chi connectivity index (χ4n) is 2.46. The number of nitrogens with one attached hydrogen (secondary N) is 1. The smallest absolute Gasteiger partial charge is 0.265 e. The molecule has 4 nitrogen and oxygen atoms in total. The van der Waals surface area contributed by atoms with E-state index in [-0.39, 0.29) is 5.91 Å². The summed E-state index contributed by atoms with van der Waals surface area (Å²) < 4.78 is 0. The average molecular weight is 319 g/mol. The molecule has 0 atom stereocenters. The van der Waals surface area contributed by atoms with E-state index in [4.69, 9.17) is 5.84 Å². The van der Waals surface area contributed by atoms with Crippen molar-refractivity contribution in [1.82, 2.24) is 10.3 Å². The number of benzene rings is 3. The summed E-state index contributed by atoms with van der Waals surface area (Å²) in [5.41, 5.74) is 3.94. The van der Waals surface area contributed by atoms with Gasteiger partial charge in [-0.1, -0.05) is 60.7 Å². The van der Waals surface area contributed by atoms with Crippen LogP contribution < -0.4 is 11.3 Å². The molecule has 3 N–H and O–H groups in total. The van der Waals surface area contributed by atoms with E-state index in [0.717, 1.165) is 6.54 Å². The molecule has 4 rings (SSSR count). The van der Waals surface area contributed by atoms with E-state index < -0.39 is 0 Å². The largest absolute Gasteiger partial charge is 0.297 e. The summed E-state index contributed by atoms with van der Waals surface area (Å²) >= 11 is 0. The predicted octanol–water partition coefficient (Wildman–Crippen LogP) is 2.95. The lowest BCUT2D eigenvalue weighted by Gasteiger charge is -2.03. The third-order valence-corrected chi connectivity index (χ3v) is 3.95. The minimum Gasteiger partial charge on any atom is -0.297 e. The first-order valence-corrected chi connectivity index (χ1v) is 8.02. The Kier molecular flexibility index (Phi) is 5.21. The van der Waals surface area contributed by atoms with Crippen LogP contribution in [0.15, 0.2) is 72.8 Å². The van der Waals surface area contributed by atoms with Gasteiger partial charge in [0.15, 0.2) is 0 Å². The van der Waals surface area contributed by atoms with Gasteiger partial charge in [-0.05, 0) is 28.5 Å². The molecule has 0 radical (unpaired) electrons. The number of nitrogens with two attached hydrogens (primary N) is 1. The Labute approximate surface area is 141 Å². The van der Waals surface area contributed by atoms with Crippen molar-refractivity contribution in [3.63, 3.8) is 0 Å². The zero-order valence-corrected chi connectivity index (χ0v) is 13.5. The molecule has 1 saturated heterocycles. The Morgan fingerprint density at radius 2 is 1.38 bits per heavy atom. The summed E-state index contributed by atoms with van der Waals surface area (Å²) in [6.45, 7) is 3.35. The molecule has 0 spiro atoms. The summed E-state index contributed by atoms with van der Waals surface area (Å²) in [6.07, 6.45) is 0. The first-order valence-electron chi connectivity index (χ1n) is 8.02. The fraction of sp³-hybridized carbons (Fsp3) is 0.150.